The van der Waals surface area contributed by atoms with E-state index in [1.165, 1.54) is 35.2 Å². The topological polar surface area (TPSA) is 15.3 Å². The number of halogens is 1. The Morgan fingerprint density at radius 3 is 2.76 bits per heavy atom. The predicted octanol–water partition coefficient (Wildman–Crippen LogP) is 4.12. The molecule has 2 aromatic carbocycles. The lowest BCUT2D eigenvalue weighted by Gasteiger charge is -2.26. The Bertz CT molecular complexity index is 624. The fourth-order valence-electron chi connectivity index (χ4n) is 3.08. The molecule has 1 heterocycles. The molecule has 1 aliphatic heterocycles. The number of hydrogen-bond acceptors (Lipinski definition) is 2. The van der Waals surface area contributed by atoms with Gasteiger partial charge in [-0.25, -0.2) is 0 Å². The number of hydrogen-bond donors (Lipinski definition) is 1. The van der Waals surface area contributed by atoms with E-state index in [1.807, 2.05) is 7.05 Å². The molecule has 21 heavy (non-hydrogen) atoms. The summed E-state index contributed by atoms with van der Waals surface area (Å²) in [4.78, 5) is 2.52. The van der Waals surface area contributed by atoms with Gasteiger partial charge in [-0.2, -0.15) is 0 Å². The van der Waals surface area contributed by atoms with Gasteiger partial charge in [-0.15, -0.1) is 0 Å². The minimum absolute atomic E-state index is 0.904. The van der Waals surface area contributed by atoms with Gasteiger partial charge in [0.05, 0.1) is 0 Å². The molecule has 1 N–H and O–H groups in total. The molecule has 0 amide bonds. The molecule has 0 bridgehead atoms. The standard InChI is InChI=1S/C18H21BrN2/c1-20-12-15-8-9-17(19)11-18(15)21-10-4-7-14-5-2-3-6-16(14)13-21/h2-3,5-6,8-9,11,20H,4,7,10,12-13H2,1H3. The number of nitrogens with zero attached hydrogens (tertiary/aromatic N) is 1. The molecule has 0 atom stereocenters. The molecule has 0 aliphatic carbocycles. The quantitative estimate of drug-likeness (QED) is 0.900. The largest absolute Gasteiger partial charge is 0.367 e. The third-order valence-electron chi connectivity index (χ3n) is 4.11. The molecular formula is C18H21BrN2. The fraction of sp³-hybridized carbons (Fsp3) is 0.333. The van der Waals surface area contributed by atoms with E-state index in [-0.39, 0.29) is 0 Å². The van der Waals surface area contributed by atoms with E-state index in [1.54, 1.807) is 0 Å². The second-order valence-electron chi connectivity index (χ2n) is 5.60. The SMILES string of the molecule is CNCc1ccc(Br)cc1N1CCCc2ccccc2C1. The van der Waals surface area contributed by atoms with Crippen molar-refractivity contribution >= 4 is 21.6 Å². The van der Waals surface area contributed by atoms with Crippen molar-refractivity contribution in [3.8, 4) is 0 Å². The number of fused-ring (bicyclic) bond motifs is 1. The Labute approximate surface area is 135 Å². The first kappa shape index (κ1) is 14.6. The van der Waals surface area contributed by atoms with Gasteiger partial charge in [-0.3, -0.25) is 0 Å². The summed E-state index contributed by atoms with van der Waals surface area (Å²) in [6.45, 7) is 3.02. The van der Waals surface area contributed by atoms with Crippen molar-refractivity contribution in [3.05, 3.63) is 63.6 Å². The van der Waals surface area contributed by atoms with Crippen LogP contribution in [0.3, 0.4) is 0 Å². The van der Waals surface area contributed by atoms with Crippen LogP contribution in [-0.2, 0) is 19.5 Å². The van der Waals surface area contributed by atoms with Crippen LogP contribution in [0.4, 0.5) is 5.69 Å². The highest BCUT2D eigenvalue weighted by molar-refractivity contribution is 9.10. The summed E-state index contributed by atoms with van der Waals surface area (Å²) >= 11 is 3.62. The number of benzene rings is 2. The zero-order valence-electron chi connectivity index (χ0n) is 12.4. The summed E-state index contributed by atoms with van der Waals surface area (Å²) in [5.41, 5.74) is 5.67. The molecule has 0 radical (unpaired) electrons. The lowest BCUT2D eigenvalue weighted by molar-refractivity contribution is 0.749. The lowest BCUT2D eigenvalue weighted by Crippen LogP contribution is -2.24. The number of rotatable bonds is 3. The Balaban J connectivity index is 1.95. The van der Waals surface area contributed by atoms with Crippen LogP contribution in [0.25, 0.3) is 0 Å². The molecule has 0 unspecified atom stereocenters. The average molecular weight is 345 g/mol. The van der Waals surface area contributed by atoms with Gasteiger partial charge in [0.2, 0.25) is 0 Å². The molecule has 0 spiro atoms. The molecule has 3 heteroatoms. The number of aryl methyl sites for hydroxylation is 1. The predicted molar refractivity (Wildman–Crippen MR) is 92.7 cm³/mol. The van der Waals surface area contributed by atoms with E-state index in [2.05, 4.69) is 68.6 Å². The fourth-order valence-corrected chi connectivity index (χ4v) is 3.43. The van der Waals surface area contributed by atoms with Crippen molar-refractivity contribution in [2.75, 3.05) is 18.5 Å². The Hall–Kier alpha value is -1.32. The van der Waals surface area contributed by atoms with E-state index < -0.39 is 0 Å². The molecule has 1 aliphatic rings. The van der Waals surface area contributed by atoms with Crippen molar-refractivity contribution in [1.82, 2.24) is 5.32 Å². The van der Waals surface area contributed by atoms with Crippen molar-refractivity contribution in [2.45, 2.75) is 25.9 Å². The molecule has 0 saturated heterocycles. The molecular weight excluding hydrogens is 324 g/mol. The highest BCUT2D eigenvalue weighted by atomic mass is 79.9. The average Bonchev–Trinajstić information content (AvgIpc) is 2.71. The zero-order chi connectivity index (χ0) is 14.7. The highest BCUT2D eigenvalue weighted by Gasteiger charge is 2.17. The van der Waals surface area contributed by atoms with E-state index in [0.29, 0.717) is 0 Å². The van der Waals surface area contributed by atoms with Gasteiger partial charge in [-0.1, -0.05) is 46.3 Å². The molecule has 0 saturated carbocycles. The van der Waals surface area contributed by atoms with Crippen LogP contribution in [0.2, 0.25) is 0 Å². The summed E-state index contributed by atoms with van der Waals surface area (Å²) in [5, 5.41) is 3.28. The van der Waals surface area contributed by atoms with Crippen molar-refractivity contribution < 1.29 is 0 Å². The first-order chi connectivity index (χ1) is 10.3. The van der Waals surface area contributed by atoms with Crippen LogP contribution in [0, 0.1) is 0 Å². The van der Waals surface area contributed by atoms with E-state index in [4.69, 9.17) is 0 Å². The summed E-state index contributed by atoms with van der Waals surface area (Å²) in [5.74, 6) is 0. The van der Waals surface area contributed by atoms with Crippen LogP contribution in [-0.4, -0.2) is 13.6 Å². The van der Waals surface area contributed by atoms with Gasteiger partial charge >= 0.3 is 0 Å². The second kappa shape index (κ2) is 6.63. The third kappa shape index (κ3) is 3.30. The van der Waals surface area contributed by atoms with Crippen molar-refractivity contribution in [3.63, 3.8) is 0 Å². The van der Waals surface area contributed by atoms with Crippen LogP contribution >= 0.6 is 15.9 Å². The molecule has 0 fully saturated rings. The monoisotopic (exact) mass is 344 g/mol. The molecule has 2 aromatic rings. The third-order valence-corrected chi connectivity index (χ3v) is 4.60. The van der Waals surface area contributed by atoms with Crippen LogP contribution < -0.4 is 10.2 Å². The number of anilines is 1. The summed E-state index contributed by atoms with van der Waals surface area (Å²) in [7, 11) is 2.00. The molecule has 2 nitrogen and oxygen atoms in total. The van der Waals surface area contributed by atoms with E-state index in [0.717, 1.165) is 24.1 Å². The van der Waals surface area contributed by atoms with Gasteiger partial charge in [-0.05, 0) is 48.7 Å². The van der Waals surface area contributed by atoms with Gasteiger partial charge in [0, 0.05) is 29.8 Å². The van der Waals surface area contributed by atoms with Crippen LogP contribution in [0.5, 0.6) is 0 Å². The maximum Gasteiger partial charge on any atom is 0.0432 e. The maximum absolute atomic E-state index is 3.62. The van der Waals surface area contributed by atoms with E-state index in [9.17, 15) is 0 Å². The smallest absolute Gasteiger partial charge is 0.0432 e. The van der Waals surface area contributed by atoms with Gasteiger partial charge in [0.25, 0.3) is 0 Å². The molecule has 0 aromatic heterocycles. The molecule has 3 rings (SSSR count). The van der Waals surface area contributed by atoms with Crippen molar-refractivity contribution in [2.24, 2.45) is 0 Å². The highest BCUT2D eigenvalue weighted by Crippen LogP contribution is 2.29. The first-order valence-corrected chi connectivity index (χ1v) is 8.32. The zero-order valence-corrected chi connectivity index (χ0v) is 14.0. The van der Waals surface area contributed by atoms with Gasteiger partial charge in [0.15, 0.2) is 0 Å². The minimum Gasteiger partial charge on any atom is -0.367 e. The maximum atomic E-state index is 3.62. The first-order valence-electron chi connectivity index (χ1n) is 7.52. The van der Waals surface area contributed by atoms with Crippen LogP contribution in [0.15, 0.2) is 46.9 Å². The normalized spacial score (nSPS) is 14.7. The molecule has 110 valence electrons. The Morgan fingerprint density at radius 1 is 1.14 bits per heavy atom. The van der Waals surface area contributed by atoms with Crippen molar-refractivity contribution in [1.29, 1.82) is 0 Å². The minimum atomic E-state index is 0.904. The Kier molecular flexibility index (Phi) is 4.61. The summed E-state index contributed by atoms with van der Waals surface area (Å²) < 4.78 is 1.15. The number of nitrogens with one attached hydrogen (secondary N) is 1. The Morgan fingerprint density at radius 2 is 1.95 bits per heavy atom. The van der Waals surface area contributed by atoms with E-state index >= 15 is 0 Å². The van der Waals surface area contributed by atoms with Gasteiger partial charge < -0.3 is 10.2 Å². The summed E-state index contributed by atoms with van der Waals surface area (Å²) in [6.07, 6.45) is 2.39. The second-order valence-corrected chi connectivity index (χ2v) is 6.51. The van der Waals surface area contributed by atoms with Gasteiger partial charge in [0.1, 0.15) is 0 Å². The lowest BCUT2D eigenvalue weighted by atomic mass is 10.0. The van der Waals surface area contributed by atoms with Crippen LogP contribution in [0.1, 0.15) is 23.1 Å². The summed E-state index contributed by atoms with van der Waals surface area (Å²) in [6, 6.07) is 15.4.